The number of nitrogens with two attached hydrogens (primary N) is 1. The van der Waals surface area contributed by atoms with E-state index in [0.29, 0.717) is 18.4 Å². The fourth-order valence-electron chi connectivity index (χ4n) is 2.78. The van der Waals surface area contributed by atoms with E-state index < -0.39 is 15.8 Å². The average molecular weight is 300 g/mol. The van der Waals surface area contributed by atoms with Gasteiger partial charge in [0.05, 0.1) is 0 Å². The van der Waals surface area contributed by atoms with Gasteiger partial charge in [0, 0.05) is 12.2 Å². The molecule has 1 fully saturated rings. The van der Waals surface area contributed by atoms with Crippen molar-refractivity contribution in [2.45, 2.75) is 38.0 Å². The summed E-state index contributed by atoms with van der Waals surface area (Å²) in [6.07, 6.45) is 3.26. The van der Waals surface area contributed by atoms with Gasteiger partial charge >= 0.3 is 0 Å². The maximum atomic E-state index is 14.0. The molecule has 0 radical (unpaired) electrons. The molecule has 0 heterocycles. The molecular weight excluding hydrogens is 279 g/mol. The summed E-state index contributed by atoms with van der Waals surface area (Å²) in [5.74, 6) is 0.103. The van der Waals surface area contributed by atoms with Gasteiger partial charge in [0.1, 0.15) is 10.7 Å². The Balaban J connectivity index is 2.18. The molecule has 0 aromatic heterocycles. The SMILES string of the molecule is Cc1cc(N)cc(S(=O)(=O)NCC2CCCC2C)c1F. The van der Waals surface area contributed by atoms with E-state index in [1.807, 2.05) is 0 Å². The molecule has 6 heteroatoms. The van der Waals surface area contributed by atoms with Crippen LogP contribution in [0.1, 0.15) is 31.7 Å². The molecule has 0 saturated heterocycles. The summed E-state index contributed by atoms with van der Waals surface area (Å²) in [4.78, 5) is -0.361. The first kappa shape index (κ1) is 15.3. The zero-order chi connectivity index (χ0) is 14.9. The van der Waals surface area contributed by atoms with E-state index in [-0.39, 0.29) is 16.1 Å². The number of anilines is 1. The van der Waals surface area contributed by atoms with Crippen LogP contribution in [0.2, 0.25) is 0 Å². The molecule has 1 aliphatic carbocycles. The van der Waals surface area contributed by atoms with Gasteiger partial charge in [-0.2, -0.15) is 0 Å². The standard InChI is InChI=1S/C14H21FN2O2S/c1-9-4-3-5-11(9)8-17-20(18,19)13-7-12(16)6-10(2)14(13)15/h6-7,9,11,17H,3-5,8,16H2,1-2H3. The zero-order valence-corrected chi connectivity index (χ0v) is 12.6. The third-order valence-corrected chi connectivity index (χ3v) is 5.53. The number of nitrogen functional groups attached to an aromatic ring is 1. The smallest absolute Gasteiger partial charge is 0.243 e. The second-order valence-corrected chi connectivity index (χ2v) is 7.41. The number of halogens is 1. The topological polar surface area (TPSA) is 72.2 Å². The first-order valence-corrected chi connectivity index (χ1v) is 8.35. The first-order valence-electron chi connectivity index (χ1n) is 6.86. The third kappa shape index (κ3) is 3.12. The Bertz CT molecular complexity index is 601. The van der Waals surface area contributed by atoms with Gasteiger partial charge in [0.2, 0.25) is 10.0 Å². The molecule has 20 heavy (non-hydrogen) atoms. The molecule has 0 amide bonds. The molecule has 1 saturated carbocycles. The summed E-state index contributed by atoms with van der Waals surface area (Å²) < 4.78 is 40.9. The number of nitrogens with one attached hydrogen (secondary N) is 1. The molecule has 2 atom stereocenters. The third-order valence-electron chi connectivity index (χ3n) is 4.11. The largest absolute Gasteiger partial charge is 0.399 e. The van der Waals surface area contributed by atoms with Crippen molar-refractivity contribution in [1.82, 2.24) is 4.72 Å². The molecule has 1 aromatic carbocycles. The predicted octanol–water partition coefficient (Wildman–Crippen LogP) is 2.43. The molecule has 0 bridgehead atoms. The Morgan fingerprint density at radius 1 is 1.40 bits per heavy atom. The molecule has 2 rings (SSSR count). The summed E-state index contributed by atoms with van der Waals surface area (Å²) in [6.45, 7) is 3.98. The predicted molar refractivity (Wildman–Crippen MR) is 77.2 cm³/mol. The van der Waals surface area contributed by atoms with E-state index >= 15 is 0 Å². The summed E-state index contributed by atoms with van der Waals surface area (Å²) in [7, 11) is -3.85. The molecule has 3 N–H and O–H groups in total. The van der Waals surface area contributed by atoms with Crippen LogP contribution in [-0.4, -0.2) is 15.0 Å². The van der Waals surface area contributed by atoms with Crippen molar-refractivity contribution >= 4 is 15.7 Å². The molecule has 1 aliphatic rings. The van der Waals surface area contributed by atoms with E-state index in [2.05, 4.69) is 11.6 Å². The minimum atomic E-state index is -3.85. The van der Waals surface area contributed by atoms with Crippen LogP contribution in [0.25, 0.3) is 0 Å². The molecule has 0 aliphatic heterocycles. The Morgan fingerprint density at radius 3 is 2.70 bits per heavy atom. The second-order valence-electron chi connectivity index (χ2n) is 5.67. The van der Waals surface area contributed by atoms with Crippen LogP contribution in [0.15, 0.2) is 17.0 Å². The highest BCUT2D eigenvalue weighted by atomic mass is 32.2. The van der Waals surface area contributed by atoms with Crippen LogP contribution >= 0.6 is 0 Å². The van der Waals surface area contributed by atoms with Gasteiger partial charge in [0.15, 0.2) is 0 Å². The van der Waals surface area contributed by atoms with Crippen molar-refractivity contribution < 1.29 is 12.8 Å². The van der Waals surface area contributed by atoms with Crippen LogP contribution < -0.4 is 10.5 Å². The molecule has 2 unspecified atom stereocenters. The second kappa shape index (κ2) is 5.69. The highest BCUT2D eigenvalue weighted by Crippen LogP contribution is 2.31. The highest BCUT2D eigenvalue weighted by Gasteiger charge is 2.27. The summed E-state index contributed by atoms with van der Waals surface area (Å²) in [5.41, 5.74) is 6.09. The minimum absolute atomic E-state index is 0.236. The number of hydrogen-bond donors (Lipinski definition) is 2. The van der Waals surface area contributed by atoms with E-state index in [0.717, 1.165) is 19.3 Å². The Labute approximate surface area is 119 Å². The summed E-state index contributed by atoms with van der Waals surface area (Å²) in [6, 6.07) is 2.59. The first-order chi connectivity index (χ1) is 9.31. The summed E-state index contributed by atoms with van der Waals surface area (Å²) in [5, 5.41) is 0. The molecule has 0 spiro atoms. The lowest BCUT2D eigenvalue weighted by molar-refractivity contribution is 0.414. The van der Waals surface area contributed by atoms with Gasteiger partial charge in [-0.25, -0.2) is 17.5 Å². The number of benzene rings is 1. The lowest BCUT2D eigenvalue weighted by atomic mass is 9.99. The van der Waals surface area contributed by atoms with Crippen LogP contribution in [0.3, 0.4) is 0 Å². The van der Waals surface area contributed by atoms with E-state index in [1.54, 1.807) is 0 Å². The molecule has 112 valence electrons. The lowest BCUT2D eigenvalue weighted by Gasteiger charge is -2.16. The normalized spacial score (nSPS) is 23.1. The van der Waals surface area contributed by atoms with Gasteiger partial charge in [-0.1, -0.05) is 19.8 Å². The van der Waals surface area contributed by atoms with E-state index in [9.17, 15) is 12.8 Å². The lowest BCUT2D eigenvalue weighted by Crippen LogP contribution is -2.31. The van der Waals surface area contributed by atoms with Crippen molar-refractivity contribution in [2.24, 2.45) is 11.8 Å². The molecule has 1 aromatic rings. The van der Waals surface area contributed by atoms with Crippen LogP contribution in [0.4, 0.5) is 10.1 Å². The molecular formula is C14H21FN2O2S. The van der Waals surface area contributed by atoms with Crippen molar-refractivity contribution in [3.8, 4) is 0 Å². The number of hydrogen-bond acceptors (Lipinski definition) is 3. The van der Waals surface area contributed by atoms with Gasteiger partial charge < -0.3 is 5.73 Å². The monoisotopic (exact) mass is 300 g/mol. The summed E-state index contributed by atoms with van der Waals surface area (Å²) >= 11 is 0. The van der Waals surface area contributed by atoms with Crippen molar-refractivity contribution in [3.05, 3.63) is 23.5 Å². The maximum Gasteiger partial charge on any atom is 0.243 e. The maximum absolute atomic E-state index is 14.0. The Kier molecular flexibility index (Phi) is 4.34. The van der Waals surface area contributed by atoms with Crippen molar-refractivity contribution in [1.29, 1.82) is 0 Å². The average Bonchev–Trinajstić information content (AvgIpc) is 2.77. The number of sulfonamides is 1. The van der Waals surface area contributed by atoms with Gasteiger partial charge in [0.25, 0.3) is 0 Å². The van der Waals surface area contributed by atoms with Crippen LogP contribution in [0, 0.1) is 24.6 Å². The van der Waals surface area contributed by atoms with Crippen molar-refractivity contribution in [3.63, 3.8) is 0 Å². The van der Waals surface area contributed by atoms with Crippen LogP contribution in [0.5, 0.6) is 0 Å². The minimum Gasteiger partial charge on any atom is -0.399 e. The highest BCUT2D eigenvalue weighted by molar-refractivity contribution is 7.89. The zero-order valence-electron chi connectivity index (χ0n) is 11.8. The van der Waals surface area contributed by atoms with Gasteiger partial charge in [-0.05, 0) is 42.9 Å². The van der Waals surface area contributed by atoms with Crippen molar-refractivity contribution in [2.75, 3.05) is 12.3 Å². The fraction of sp³-hybridized carbons (Fsp3) is 0.571. The van der Waals surface area contributed by atoms with Crippen LogP contribution in [-0.2, 0) is 10.0 Å². The van der Waals surface area contributed by atoms with E-state index in [1.165, 1.54) is 19.1 Å². The molecule has 4 nitrogen and oxygen atoms in total. The fourth-order valence-corrected chi connectivity index (χ4v) is 4.06. The van der Waals surface area contributed by atoms with Gasteiger partial charge in [-0.15, -0.1) is 0 Å². The quantitative estimate of drug-likeness (QED) is 0.839. The Hall–Kier alpha value is -1.14. The van der Waals surface area contributed by atoms with E-state index in [4.69, 9.17) is 5.73 Å². The Morgan fingerprint density at radius 2 is 2.10 bits per heavy atom. The number of rotatable bonds is 4. The number of aryl methyl sites for hydroxylation is 1. The van der Waals surface area contributed by atoms with Gasteiger partial charge in [-0.3, -0.25) is 0 Å².